The molecule has 6 heteroatoms. The predicted octanol–water partition coefficient (Wildman–Crippen LogP) is 4.19. The molecule has 174 valence electrons. The molecule has 6 nitrogen and oxygen atoms in total. The molecule has 0 bridgehead atoms. The van der Waals surface area contributed by atoms with Crippen LogP contribution in [0.5, 0.6) is 0 Å². The monoisotopic (exact) mass is 448 g/mol. The van der Waals surface area contributed by atoms with Gasteiger partial charge in [0.2, 0.25) is 5.91 Å². The topological polar surface area (TPSA) is 82.8 Å². The molecule has 2 N–H and O–H groups in total. The number of carbonyl (C=O) groups is 2. The molecule has 33 heavy (non-hydrogen) atoms. The van der Waals surface area contributed by atoms with Gasteiger partial charge in [0, 0.05) is 36.9 Å². The van der Waals surface area contributed by atoms with Crippen LogP contribution in [-0.2, 0) is 10.2 Å². The van der Waals surface area contributed by atoms with Crippen molar-refractivity contribution >= 4 is 22.8 Å². The fourth-order valence-electron chi connectivity index (χ4n) is 5.13. The summed E-state index contributed by atoms with van der Waals surface area (Å²) >= 11 is 0. The number of hydrogen-bond donors (Lipinski definition) is 2. The number of benzene rings is 2. The number of nitrogens with zero attached hydrogens (tertiary/aromatic N) is 1. The maximum Gasteiger partial charge on any atom is 0.253 e. The van der Waals surface area contributed by atoms with Crippen LogP contribution in [0, 0.1) is 6.92 Å². The number of nitrogens with one attached hydrogen (secondary N) is 1. The van der Waals surface area contributed by atoms with E-state index < -0.39 is 6.10 Å². The normalized spacial score (nSPS) is 23.2. The third-order valence-electron chi connectivity index (χ3n) is 7.05. The zero-order chi connectivity index (χ0) is 23.6. The van der Waals surface area contributed by atoms with E-state index in [1.807, 2.05) is 43.3 Å². The fraction of sp³-hybridized carbons (Fsp3) is 0.407. The molecule has 1 aliphatic rings. The van der Waals surface area contributed by atoms with Gasteiger partial charge >= 0.3 is 0 Å². The summed E-state index contributed by atoms with van der Waals surface area (Å²) in [5.74, 6) is 0.622. The van der Waals surface area contributed by atoms with Crippen LogP contribution in [0.2, 0.25) is 0 Å². The first-order chi connectivity index (χ1) is 15.8. The molecule has 3 atom stereocenters. The van der Waals surface area contributed by atoms with Crippen LogP contribution in [-0.4, -0.2) is 47.6 Å². The molecule has 0 radical (unpaired) electrons. The summed E-state index contributed by atoms with van der Waals surface area (Å²) in [7, 11) is 1.77. The quantitative estimate of drug-likeness (QED) is 0.574. The number of aliphatic hydroxyl groups is 1. The van der Waals surface area contributed by atoms with Crippen molar-refractivity contribution in [2.45, 2.75) is 57.1 Å². The maximum atomic E-state index is 13.3. The third kappa shape index (κ3) is 4.81. The summed E-state index contributed by atoms with van der Waals surface area (Å²) in [6, 6.07) is 17.2. The van der Waals surface area contributed by atoms with E-state index in [9.17, 15) is 14.7 Å². The van der Waals surface area contributed by atoms with Crippen molar-refractivity contribution in [1.82, 2.24) is 10.2 Å². The highest BCUT2D eigenvalue weighted by molar-refractivity contribution is 5.98. The van der Waals surface area contributed by atoms with E-state index in [-0.39, 0.29) is 23.3 Å². The minimum atomic E-state index is -0.637. The van der Waals surface area contributed by atoms with Crippen LogP contribution >= 0.6 is 0 Å². The van der Waals surface area contributed by atoms with Crippen LogP contribution in [0.3, 0.4) is 0 Å². The van der Waals surface area contributed by atoms with Crippen LogP contribution in [0.1, 0.15) is 54.3 Å². The molecule has 3 aromatic rings. The highest BCUT2D eigenvalue weighted by Gasteiger charge is 2.40. The van der Waals surface area contributed by atoms with Gasteiger partial charge in [-0.05, 0) is 62.4 Å². The number of fused-ring (bicyclic) bond motifs is 1. The van der Waals surface area contributed by atoms with Crippen molar-refractivity contribution in [3.8, 4) is 0 Å². The highest BCUT2D eigenvalue weighted by atomic mass is 16.3. The van der Waals surface area contributed by atoms with Crippen molar-refractivity contribution in [1.29, 1.82) is 0 Å². The Kier molecular flexibility index (Phi) is 6.56. The lowest BCUT2D eigenvalue weighted by molar-refractivity contribution is -0.119. The van der Waals surface area contributed by atoms with Gasteiger partial charge in [0.1, 0.15) is 11.3 Å². The van der Waals surface area contributed by atoms with Crippen molar-refractivity contribution < 1.29 is 19.1 Å². The van der Waals surface area contributed by atoms with Crippen molar-refractivity contribution in [2.24, 2.45) is 0 Å². The molecule has 0 saturated heterocycles. The Hall–Kier alpha value is -3.12. The number of hydrogen-bond acceptors (Lipinski definition) is 4. The molecule has 2 amide bonds. The molecule has 1 fully saturated rings. The summed E-state index contributed by atoms with van der Waals surface area (Å²) in [5.41, 5.74) is 2.21. The minimum absolute atomic E-state index is 0.0659. The summed E-state index contributed by atoms with van der Waals surface area (Å²) < 4.78 is 5.62. The Bertz CT molecular complexity index is 1140. The van der Waals surface area contributed by atoms with Gasteiger partial charge in [-0.15, -0.1) is 0 Å². The van der Waals surface area contributed by atoms with Gasteiger partial charge in [0.15, 0.2) is 0 Å². The Balaban J connectivity index is 1.56. The van der Waals surface area contributed by atoms with Gasteiger partial charge in [0.05, 0.1) is 12.1 Å². The minimum Gasteiger partial charge on any atom is -0.461 e. The van der Waals surface area contributed by atoms with Gasteiger partial charge in [-0.3, -0.25) is 9.59 Å². The van der Waals surface area contributed by atoms with Gasteiger partial charge < -0.3 is 19.7 Å². The zero-order valence-electron chi connectivity index (χ0n) is 19.5. The number of aliphatic hydroxyl groups excluding tert-OH is 1. The van der Waals surface area contributed by atoms with E-state index in [0.29, 0.717) is 24.9 Å². The average molecular weight is 449 g/mol. The first-order valence-corrected chi connectivity index (χ1v) is 11.5. The first kappa shape index (κ1) is 23.1. The molecule has 4 rings (SSSR count). The van der Waals surface area contributed by atoms with Crippen molar-refractivity contribution in [3.05, 3.63) is 71.5 Å². The van der Waals surface area contributed by atoms with Crippen LogP contribution in [0.15, 0.2) is 59.0 Å². The van der Waals surface area contributed by atoms with Gasteiger partial charge in [-0.2, -0.15) is 0 Å². The van der Waals surface area contributed by atoms with E-state index in [1.165, 1.54) is 6.92 Å². The molecule has 1 heterocycles. The highest BCUT2D eigenvalue weighted by Crippen LogP contribution is 2.39. The summed E-state index contributed by atoms with van der Waals surface area (Å²) in [6.45, 7) is 3.92. The lowest BCUT2D eigenvalue weighted by atomic mass is 9.74. The Morgan fingerprint density at radius 3 is 2.58 bits per heavy atom. The number of carbonyl (C=O) groups excluding carboxylic acids is 2. The lowest BCUT2D eigenvalue weighted by Gasteiger charge is -2.34. The SMILES string of the molecule is CC(=O)NC[C@]1(c2ccccc2)CC[C@H](O)[C@@H](N(C)C(=O)c2ccc3oc(C)cc3c2)CC1. The smallest absolute Gasteiger partial charge is 0.253 e. The van der Waals surface area contributed by atoms with Crippen molar-refractivity contribution in [3.63, 3.8) is 0 Å². The molecule has 0 aliphatic heterocycles. The molecule has 1 aromatic heterocycles. The van der Waals surface area contributed by atoms with Gasteiger partial charge in [0.25, 0.3) is 5.91 Å². The lowest BCUT2D eigenvalue weighted by Crippen LogP contribution is -2.44. The summed E-state index contributed by atoms with van der Waals surface area (Å²) in [4.78, 5) is 26.7. The van der Waals surface area contributed by atoms with E-state index in [1.54, 1.807) is 18.0 Å². The average Bonchev–Trinajstić information content (AvgIpc) is 3.10. The van der Waals surface area contributed by atoms with Gasteiger partial charge in [-0.1, -0.05) is 30.3 Å². The first-order valence-electron chi connectivity index (χ1n) is 11.5. The standard InChI is InChI=1S/C27H32N2O4/c1-18-15-21-16-20(9-10-25(21)33-18)26(32)29(3)23-11-13-27(14-12-24(23)31,17-28-19(2)30)22-7-5-4-6-8-22/h4-10,15-16,23-24,31H,11-14,17H2,1-3H3,(H,28,30)/t23-,24-,27+/m0/s1. The molecular weight excluding hydrogens is 416 g/mol. The third-order valence-corrected chi connectivity index (χ3v) is 7.05. The van der Waals surface area contributed by atoms with E-state index in [4.69, 9.17) is 4.42 Å². The van der Waals surface area contributed by atoms with Crippen LogP contribution in [0.25, 0.3) is 11.0 Å². The molecular formula is C27H32N2O4. The second kappa shape index (κ2) is 9.40. The molecule has 1 aliphatic carbocycles. The summed E-state index contributed by atoms with van der Waals surface area (Å²) in [5, 5.41) is 14.9. The number of aryl methyl sites for hydroxylation is 1. The fourth-order valence-corrected chi connectivity index (χ4v) is 5.13. The maximum absolute atomic E-state index is 13.3. The Morgan fingerprint density at radius 1 is 1.12 bits per heavy atom. The molecule has 0 unspecified atom stereocenters. The van der Waals surface area contributed by atoms with E-state index in [2.05, 4.69) is 17.4 Å². The number of rotatable bonds is 5. The summed E-state index contributed by atoms with van der Waals surface area (Å²) in [6.07, 6.45) is 2.05. The zero-order valence-corrected chi connectivity index (χ0v) is 19.5. The Labute approximate surface area is 194 Å². The predicted molar refractivity (Wildman–Crippen MR) is 128 cm³/mol. The number of furan rings is 1. The van der Waals surface area contributed by atoms with E-state index >= 15 is 0 Å². The number of likely N-dealkylation sites (N-methyl/N-ethyl adjacent to an activating group) is 1. The van der Waals surface area contributed by atoms with Crippen molar-refractivity contribution in [2.75, 3.05) is 13.6 Å². The second-order valence-corrected chi connectivity index (χ2v) is 9.29. The number of amides is 2. The molecule has 1 saturated carbocycles. The van der Waals surface area contributed by atoms with Gasteiger partial charge in [-0.25, -0.2) is 0 Å². The van der Waals surface area contributed by atoms with Crippen LogP contribution in [0.4, 0.5) is 0 Å². The van der Waals surface area contributed by atoms with Crippen LogP contribution < -0.4 is 5.32 Å². The van der Waals surface area contributed by atoms with E-state index in [0.717, 1.165) is 35.1 Å². The molecule has 0 spiro atoms. The Morgan fingerprint density at radius 2 is 1.85 bits per heavy atom. The largest absolute Gasteiger partial charge is 0.461 e. The molecule has 2 aromatic carbocycles. The second-order valence-electron chi connectivity index (χ2n) is 9.29.